The molecule has 0 bridgehead atoms. The molecule has 1 aromatic heterocycles. The Morgan fingerprint density at radius 1 is 1.42 bits per heavy atom. The minimum atomic E-state index is -0.383. The molecule has 98 valence electrons. The maximum atomic E-state index is 11.8. The molecule has 0 aliphatic carbocycles. The van der Waals surface area contributed by atoms with Gasteiger partial charge in [-0.25, -0.2) is 4.98 Å². The van der Waals surface area contributed by atoms with Crippen molar-refractivity contribution in [3.63, 3.8) is 0 Å². The number of oxazole rings is 1. The number of carbonyl (C=O) groups is 1. The third-order valence-corrected chi connectivity index (χ3v) is 2.50. The Balaban J connectivity index is 2.12. The van der Waals surface area contributed by atoms with Gasteiger partial charge in [-0.15, -0.1) is 0 Å². The lowest BCUT2D eigenvalue weighted by atomic mass is 10.2. The smallest absolute Gasteiger partial charge is 0.293 e. The summed E-state index contributed by atoms with van der Waals surface area (Å²) in [7, 11) is 0. The average Bonchev–Trinajstić information content (AvgIpc) is 2.85. The maximum absolute atomic E-state index is 11.8. The molecule has 0 saturated carbocycles. The Kier molecular flexibility index (Phi) is 3.46. The number of nitrogens with one attached hydrogen (secondary N) is 1. The van der Waals surface area contributed by atoms with Gasteiger partial charge in [-0.3, -0.25) is 4.79 Å². The van der Waals surface area contributed by atoms with Gasteiger partial charge in [0.05, 0.1) is 5.69 Å². The number of carbonyl (C=O) groups excluding carboxylic acids is 1. The zero-order chi connectivity index (χ0) is 13.8. The number of rotatable bonds is 3. The topological polar surface area (TPSA) is 114 Å². The minimum Gasteiger partial charge on any atom is -0.438 e. The van der Waals surface area contributed by atoms with Crippen molar-refractivity contribution in [2.45, 2.75) is 6.92 Å². The predicted octanol–water partition coefficient (Wildman–Crippen LogP) is 1.33. The van der Waals surface area contributed by atoms with Crippen LogP contribution in [-0.4, -0.2) is 21.9 Å². The van der Waals surface area contributed by atoms with Crippen molar-refractivity contribution in [3.05, 3.63) is 47.7 Å². The van der Waals surface area contributed by atoms with Crippen molar-refractivity contribution < 1.29 is 14.4 Å². The lowest BCUT2D eigenvalue weighted by molar-refractivity contribution is 0.0996. The number of nitrogens with two attached hydrogens (primary N) is 1. The van der Waals surface area contributed by atoms with Crippen LogP contribution in [0.4, 0.5) is 5.69 Å². The number of nitrogens with zero attached hydrogens (tertiary/aromatic N) is 2. The number of amidine groups is 1. The van der Waals surface area contributed by atoms with E-state index >= 15 is 0 Å². The molecule has 0 spiro atoms. The van der Waals surface area contributed by atoms with Crippen molar-refractivity contribution >= 4 is 17.4 Å². The average molecular weight is 260 g/mol. The minimum absolute atomic E-state index is 0.00366. The van der Waals surface area contributed by atoms with Gasteiger partial charge in [0.2, 0.25) is 5.76 Å². The first kappa shape index (κ1) is 12.6. The van der Waals surface area contributed by atoms with Gasteiger partial charge in [0, 0.05) is 11.3 Å². The second-order valence-corrected chi connectivity index (χ2v) is 3.78. The van der Waals surface area contributed by atoms with Crippen LogP contribution < -0.4 is 11.1 Å². The lowest BCUT2D eigenvalue weighted by Gasteiger charge is -2.04. The molecular weight excluding hydrogens is 248 g/mol. The fourth-order valence-corrected chi connectivity index (χ4v) is 1.49. The first-order chi connectivity index (χ1) is 9.11. The third-order valence-electron chi connectivity index (χ3n) is 2.50. The van der Waals surface area contributed by atoms with Crippen LogP contribution in [0.25, 0.3) is 0 Å². The SMILES string of the molecule is Cc1ncoc1C(=O)Nc1ccc(/C(N)=N/O)cc1. The first-order valence-corrected chi connectivity index (χ1v) is 5.41. The fourth-order valence-electron chi connectivity index (χ4n) is 1.49. The highest BCUT2D eigenvalue weighted by Gasteiger charge is 2.13. The largest absolute Gasteiger partial charge is 0.438 e. The van der Waals surface area contributed by atoms with Crippen molar-refractivity contribution in [1.82, 2.24) is 4.98 Å². The summed E-state index contributed by atoms with van der Waals surface area (Å²) in [5.74, 6) is -0.212. The Bertz CT molecular complexity index is 616. The van der Waals surface area contributed by atoms with E-state index in [1.165, 1.54) is 6.39 Å². The number of amides is 1. The van der Waals surface area contributed by atoms with Gasteiger partial charge < -0.3 is 20.7 Å². The summed E-state index contributed by atoms with van der Waals surface area (Å²) >= 11 is 0. The fraction of sp³-hybridized carbons (Fsp3) is 0.0833. The lowest BCUT2D eigenvalue weighted by Crippen LogP contribution is -2.14. The molecule has 2 aromatic rings. The highest BCUT2D eigenvalue weighted by Crippen LogP contribution is 2.12. The zero-order valence-corrected chi connectivity index (χ0v) is 10.1. The van der Waals surface area contributed by atoms with Gasteiger partial charge in [0.25, 0.3) is 5.91 Å². The molecule has 0 aliphatic rings. The molecule has 7 nitrogen and oxygen atoms in total. The monoisotopic (exact) mass is 260 g/mol. The molecule has 1 amide bonds. The zero-order valence-electron chi connectivity index (χ0n) is 10.1. The van der Waals surface area contributed by atoms with Gasteiger partial charge in [-0.2, -0.15) is 0 Å². The van der Waals surface area contributed by atoms with Gasteiger partial charge in [0.15, 0.2) is 12.2 Å². The molecule has 0 unspecified atom stereocenters. The van der Waals surface area contributed by atoms with Gasteiger partial charge in [-0.1, -0.05) is 5.16 Å². The van der Waals surface area contributed by atoms with E-state index in [0.717, 1.165) is 0 Å². The standard InChI is InChI=1S/C12H12N4O3/c1-7-10(19-6-14-7)12(17)15-9-4-2-8(3-5-9)11(13)16-18/h2-6,18H,1H3,(H2,13,16)(H,15,17). The van der Waals surface area contributed by atoms with Crippen LogP contribution >= 0.6 is 0 Å². The van der Waals surface area contributed by atoms with E-state index in [1.807, 2.05) is 0 Å². The Labute approximate surface area is 108 Å². The second kappa shape index (κ2) is 5.21. The first-order valence-electron chi connectivity index (χ1n) is 5.41. The Morgan fingerprint density at radius 3 is 2.63 bits per heavy atom. The van der Waals surface area contributed by atoms with Crippen LogP contribution in [0.5, 0.6) is 0 Å². The molecule has 19 heavy (non-hydrogen) atoms. The third kappa shape index (κ3) is 2.71. The molecular formula is C12H12N4O3. The van der Waals surface area contributed by atoms with E-state index in [9.17, 15) is 4.79 Å². The van der Waals surface area contributed by atoms with E-state index < -0.39 is 0 Å². The van der Waals surface area contributed by atoms with E-state index in [4.69, 9.17) is 15.4 Å². The quantitative estimate of drug-likeness (QED) is 0.333. The van der Waals surface area contributed by atoms with Gasteiger partial charge >= 0.3 is 0 Å². The van der Waals surface area contributed by atoms with Gasteiger partial charge in [-0.05, 0) is 31.2 Å². The summed E-state index contributed by atoms with van der Waals surface area (Å²) in [4.78, 5) is 15.7. The summed E-state index contributed by atoms with van der Waals surface area (Å²) in [5.41, 5.74) is 7.07. The van der Waals surface area contributed by atoms with E-state index in [2.05, 4.69) is 15.5 Å². The molecule has 0 aliphatic heterocycles. The molecule has 0 saturated heterocycles. The summed E-state index contributed by atoms with van der Waals surface area (Å²) < 4.78 is 4.98. The van der Waals surface area contributed by atoms with E-state index in [-0.39, 0.29) is 17.5 Å². The van der Waals surface area contributed by atoms with E-state index in [0.29, 0.717) is 16.9 Å². The molecule has 1 heterocycles. The molecule has 2 rings (SSSR count). The summed E-state index contributed by atoms with van der Waals surface area (Å²) in [5, 5.41) is 14.1. The normalized spacial score (nSPS) is 11.3. The van der Waals surface area contributed by atoms with Crippen LogP contribution in [0.15, 0.2) is 40.2 Å². The number of aryl methyl sites for hydroxylation is 1. The number of aromatic nitrogens is 1. The number of anilines is 1. The second-order valence-electron chi connectivity index (χ2n) is 3.78. The van der Waals surface area contributed by atoms with Crippen LogP contribution in [0, 0.1) is 6.92 Å². The van der Waals surface area contributed by atoms with Crippen LogP contribution in [0.2, 0.25) is 0 Å². The van der Waals surface area contributed by atoms with Crippen LogP contribution in [-0.2, 0) is 0 Å². The van der Waals surface area contributed by atoms with Crippen molar-refractivity contribution in [2.75, 3.05) is 5.32 Å². The maximum Gasteiger partial charge on any atom is 0.293 e. The molecule has 0 atom stereocenters. The number of hydrogen-bond donors (Lipinski definition) is 3. The Morgan fingerprint density at radius 2 is 2.11 bits per heavy atom. The molecule has 7 heteroatoms. The molecule has 4 N–H and O–H groups in total. The number of oxime groups is 1. The molecule has 0 radical (unpaired) electrons. The van der Waals surface area contributed by atoms with Crippen LogP contribution in [0.1, 0.15) is 21.8 Å². The van der Waals surface area contributed by atoms with Crippen molar-refractivity contribution in [3.8, 4) is 0 Å². The highest BCUT2D eigenvalue weighted by molar-refractivity contribution is 6.03. The summed E-state index contributed by atoms with van der Waals surface area (Å²) in [6.45, 7) is 1.68. The summed E-state index contributed by atoms with van der Waals surface area (Å²) in [6.07, 6.45) is 1.21. The Hall–Kier alpha value is -2.83. The van der Waals surface area contributed by atoms with E-state index in [1.54, 1.807) is 31.2 Å². The summed E-state index contributed by atoms with van der Waals surface area (Å²) in [6, 6.07) is 6.52. The number of hydrogen-bond acceptors (Lipinski definition) is 5. The number of benzene rings is 1. The van der Waals surface area contributed by atoms with Crippen molar-refractivity contribution in [2.24, 2.45) is 10.9 Å². The highest BCUT2D eigenvalue weighted by atomic mass is 16.4. The van der Waals surface area contributed by atoms with Crippen molar-refractivity contribution in [1.29, 1.82) is 0 Å². The molecule has 1 aromatic carbocycles. The molecule has 0 fully saturated rings. The predicted molar refractivity (Wildman–Crippen MR) is 68.1 cm³/mol. The van der Waals surface area contributed by atoms with Gasteiger partial charge in [0.1, 0.15) is 0 Å². The van der Waals surface area contributed by atoms with Crippen LogP contribution in [0.3, 0.4) is 0 Å².